The molecule has 0 saturated carbocycles. The third kappa shape index (κ3) is 6.08. The molecule has 18 nitrogen and oxygen atoms in total. The van der Waals surface area contributed by atoms with Crippen LogP contribution in [0.3, 0.4) is 0 Å². The minimum absolute atomic E-state index is 0.0265. The van der Waals surface area contributed by atoms with Crippen molar-refractivity contribution in [2.45, 2.75) is 0 Å². The molecule has 3 aliphatic rings. The normalized spacial score (nSPS) is 12.8. The molecule has 0 saturated heterocycles. The molecule has 0 atom stereocenters. The minimum Gasteiger partial charge on any atom is -0.226 e. The zero-order valence-corrected chi connectivity index (χ0v) is 31.0. The fraction of sp³-hybridized carbons (Fsp3) is 0. The first kappa shape index (κ1) is 39.8. The summed E-state index contributed by atoms with van der Waals surface area (Å²) < 4.78 is 59.5. The number of allylic oxidation sites excluding steroid dienone is 3. The van der Waals surface area contributed by atoms with Crippen LogP contribution in [0.4, 0.5) is 17.6 Å². The van der Waals surface area contributed by atoms with Gasteiger partial charge in [0, 0.05) is 11.1 Å². The Morgan fingerprint density at radius 2 is 0.859 bits per heavy atom. The Bertz CT molecular complexity index is 3970. The third-order valence-electron chi connectivity index (χ3n) is 9.32. The van der Waals surface area contributed by atoms with Gasteiger partial charge in [-0.3, -0.25) is 0 Å². The summed E-state index contributed by atoms with van der Waals surface area (Å²) in [6, 6.07) is 23.1. The summed E-state index contributed by atoms with van der Waals surface area (Å²) in [7, 11) is 0. The Hall–Kier alpha value is -11.0. The van der Waals surface area contributed by atoms with Crippen molar-refractivity contribution in [3.05, 3.63) is 154 Å². The lowest BCUT2D eigenvalue weighted by atomic mass is 10.0. The first-order valence-corrected chi connectivity index (χ1v) is 17.3. The molecule has 0 amide bonds. The first-order valence-electron chi connectivity index (χ1n) is 17.3. The highest BCUT2D eigenvalue weighted by Gasteiger charge is 2.31. The van der Waals surface area contributed by atoms with Gasteiger partial charge in [0.1, 0.15) is 82.0 Å². The summed E-state index contributed by atoms with van der Waals surface area (Å²) in [6.07, 6.45) is 0. The van der Waals surface area contributed by atoms with Gasteiger partial charge in [-0.05, 0) is 36.4 Å². The van der Waals surface area contributed by atoms with E-state index in [9.17, 15) is 50.9 Å². The average molecular weight is 839 g/mol. The van der Waals surface area contributed by atoms with Crippen LogP contribution < -0.4 is 32.1 Å². The molecule has 0 spiro atoms. The molecule has 22 heteroatoms. The molecule has 0 bridgehead atoms. The van der Waals surface area contributed by atoms with E-state index in [4.69, 9.17) is 5.26 Å². The quantitative estimate of drug-likeness (QED) is 0.142. The Kier molecular flexibility index (Phi) is 9.54. The van der Waals surface area contributed by atoms with Gasteiger partial charge in [0.15, 0.2) is 63.8 Å². The molecule has 0 N–H and O–H groups in total. The number of benzene rings is 4. The van der Waals surface area contributed by atoms with Crippen LogP contribution in [-0.2, 0) is 0 Å². The monoisotopic (exact) mass is 838 g/mol. The summed E-state index contributed by atoms with van der Waals surface area (Å²) >= 11 is 0. The van der Waals surface area contributed by atoms with Gasteiger partial charge in [-0.1, -0.05) is 0 Å². The summed E-state index contributed by atoms with van der Waals surface area (Å²) in [5.74, 6) is -10.8. The standard InChI is InChI=1S/C42H6F4N18/c43-31-24(14-54)32(44)34(46)30(33(31)45)23(13-53)40-57-27-4-2-20(22(12-52)36(27)61-40)39-62-38(19-1-3-26-35(21(19)11-51)60-37(56-26)18(9-49)10-50)63-42(64-39)25(15-55)41-58-28-5-16(7-47)17(8-48)6-29(28)59-41/h1-6H/b40-23+. The van der Waals surface area contributed by atoms with Crippen molar-refractivity contribution in [1.29, 1.82) is 47.4 Å². The molecule has 4 aromatic carbocycles. The van der Waals surface area contributed by atoms with Crippen molar-refractivity contribution in [3.63, 3.8) is 0 Å². The van der Waals surface area contributed by atoms with Crippen LogP contribution in [0.15, 0.2) is 89.4 Å². The molecule has 4 heterocycles. The van der Waals surface area contributed by atoms with Gasteiger partial charge in [-0.25, -0.2) is 62.5 Å². The minimum atomic E-state index is -2.08. The molecule has 5 aromatic rings. The van der Waals surface area contributed by atoms with Gasteiger partial charge in [0.2, 0.25) is 0 Å². The number of hydrogen-bond donors (Lipinski definition) is 0. The summed E-state index contributed by atoms with van der Waals surface area (Å²) in [5.41, 5.74) is -5.94. The third-order valence-corrected chi connectivity index (χ3v) is 9.32. The molecule has 1 aromatic heterocycles. The predicted molar refractivity (Wildman–Crippen MR) is 197 cm³/mol. The maximum absolute atomic E-state index is 15.1. The zero-order chi connectivity index (χ0) is 45.6. The van der Waals surface area contributed by atoms with Crippen molar-refractivity contribution < 1.29 is 17.6 Å². The van der Waals surface area contributed by atoms with Crippen LogP contribution >= 0.6 is 0 Å². The molecule has 0 unspecified atom stereocenters. The van der Waals surface area contributed by atoms with Crippen LogP contribution in [0.1, 0.15) is 39.2 Å². The van der Waals surface area contributed by atoms with E-state index >= 15 is 8.78 Å². The van der Waals surface area contributed by atoms with Crippen molar-refractivity contribution in [1.82, 2.24) is 15.0 Å². The lowest BCUT2D eigenvalue weighted by Gasteiger charge is -2.09. The lowest BCUT2D eigenvalue weighted by molar-refractivity contribution is 0.446. The molecule has 0 fully saturated rings. The molecule has 64 heavy (non-hydrogen) atoms. The SMILES string of the molecule is N#CC(C#N)=C1N=c2ccc(-c3nc(C(C#N)=C4N=c5cc(C#N)c(C#N)cc5=N4)nc(-c4ccc5c(c4C#N)=N/C(=C(\C#N)c4c(F)c(F)c(C#N)c(F)c4F)N=5)n3)c(C#N)c2=N1. The van der Waals surface area contributed by atoms with Gasteiger partial charge in [0.05, 0.1) is 49.2 Å². The first-order chi connectivity index (χ1) is 31.0. The number of nitriles is 9. The second-order valence-electron chi connectivity index (χ2n) is 12.7. The van der Waals surface area contributed by atoms with Gasteiger partial charge < -0.3 is 0 Å². The van der Waals surface area contributed by atoms with Crippen LogP contribution in [0.2, 0.25) is 0 Å². The molecule has 0 aliphatic carbocycles. The summed E-state index contributed by atoms with van der Waals surface area (Å²) in [4.78, 5) is 38.6. The van der Waals surface area contributed by atoms with Crippen molar-refractivity contribution >= 4 is 11.1 Å². The van der Waals surface area contributed by atoms with Crippen LogP contribution in [0, 0.1) is 125 Å². The molecule has 0 radical (unpaired) electrons. The van der Waals surface area contributed by atoms with Gasteiger partial charge in [-0.15, -0.1) is 0 Å². The van der Waals surface area contributed by atoms with Crippen molar-refractivity contribution in [3.8, 4) is 77.4 Å². The predicted octanol–water partition coefficient (Wildman–Crippen LogP) is 1.92. The highest BCUT2D eigenvalue weighted by Crippen LogP contribution is 2.32. The molecular formula is C42H6F4N18. The smallest absolute Gasteiger partial charge is 0.182 e. The second kappa shape index (κ2) is 15.3. The molecule has 8 rings (SSSR count). The van der Waals surface area contributed by atoms with Gasteiger partial charge in [0.25, 0.3) is 0 Å². The number of nitrogens with zero attached hydrogens (tertiary/aromatic N) is 18. The Labute approximate surface area is 351 Å². The lowest BCUT2D eigenvalue weighted by Crippen LogP contribution is -2.26. The number of halogens is 4. The largest absolute Gasteiger partial charge is 0.226 e. The number of fused-ring (bicyclic) bond motifs is 3. The Morgan fingerprint density at radius 3 is 1.30 bits per heavy atom. The number of hydrogen-bond acceptors (Lipinski definition) is 18. The fourth-order valence-corrected chi connectivity index (χ4v) is 6.41. The summed E-state index contributed by atoms with van der Waals surface area (Å²) in [5, 5.41) is 88.0. The number of aromatic nitrogens is 3. The van der Waals surface area contributed by atoms with E-state index in [1.54, 1.807) is 12.1 Å². The fourth-order valence-electron chi connectivity index (χ4n) is 6.41. The van der Waals surface area contributed by atoms with Crippen LogP contribution in [0.5, 0.6) is 0 Å². The number of rotatable bonds is 4. The van der Waals surface area contributed by atoms with E-state index in [-0.39, 0.29) is 83.3 Å². The maximum atomic E-state index is 15.1. The van der Waals surface area contributed by atoms with Crippen molar-refractivity contribution in [2.24, 2.45) is 30.0 Å². The Balaban J connectivity index is 1.41. The van der Waals surface area contributed by atoms with E-state index < -0.39 is 68.3 Å². The van der Waals surface area contributed by atoms with Crippen molar-refractivity contribution in [2.75, 3.05) is 0 Å². The molecular weight excluding hydrogens is 833 g/mol. The van der Waals surface area contributed by atoms with Crippen LogP contribution in [-0.4, -0.2) is 15.0 Å². The Morgan fingerprint density at radius 1 is 0.422 bits per heavy atom. The van der Waals surface area contributed by atoms with E-state index in [1.807, 2.05) is 30.3 Å². The van der Waals surface area contributed by atoms with E-state index in [0.717, 1.165) is 6.07 Å². The molecule has 3 aliphatic heterocycles. The van der Waals surface area contributed by atoms with E-state index in [0.29, 0.717) is 0 Å². The van der Waals surface area contributed by atoms with Gasteiger partial charge >= 0.3 is 0 Å². The topological polar surface area (TPSA) is 327 Å². The molecule has 292 valence electrons. The highest BCUT2D eigenvalue weighted by atomic mass is 19.2. The van der Waals surface area contributed by atoms with Crippen LogP contribution in [0.25, 0.3) is 33.9 Å². The van der Waals surface area contributed by atoms with Gasteiger partial charge in [-0.2, -0.15) is 47.4 Å². The average Bonchev–Trinajstić information content (AvgIpc) is 4.06. The summed E-state index contributed by atoms with van der Waals surface area (Å²) in [6.45, 7) is 0. The zero-order valence-electron chi connectivity index (χ0n) is 31.0. The van der Waals surface area contributed by atoms with E-state index in [1.165, 1.54) is 42.5 Å². The highest BCUT2D eigenvalue weighted by molar-refractivity contribution is 5.81. The van der Waals surface area contributed by atoms with E-state index in [2.05, 4.69) is 44.9 Å². The maximum Gasteiger partial charge on any atom is 0.182 e. The second-order valence-corrected chi connectivity index (χ2v) is 12.7.